The van der Waals surface area contributed by atoms with Crippen molar-refractivity contribution < 1.29 is 14.5 Å². The third-order valence-corrected chi connectivity index (χ3v) is 6.53. The van der Waals surface area contributed by atoms with E-state index in [1.165, 1.54) is 12.1 Å². The molecule has 5 aliphatic rings. The first kappa shape index (κ1) is 14.3. The summed E-state index contributed by atoms with van der Waals surface area (Å²) in [6.07, 6.45) is 5.27. The number of carbonyl (C=O) groups excluding carboxylic acids is 2. The van der Waals surface area contributed by atoms with Gasteiger partial charge in [0.1, 0.15) is 5.69 Å². The molecule has 6 unspecified atom stereocenters. The summed E-state index contributed by atoms with van der Waals surface area (Å²) in [7, 11) is 0. The van der Waals surface area contributed by atoms with Gasteiger partial charge in [-0.15, -0.1) is 0 Å². The molecule has 2 bridgehead atoms. The number of allylic oxidation sites excluding steroid dienone is 2. The summed E-state index contributed by atoms with van der Waals surface area (Å²) in [5, 5.41) is 11.4. The Hall–Kier alpha value is -2.02. The molecule has 1 aromatic carbocycles. The second kappa shape index (κ2) is 4.53. The van der Waals surface area contributed by atoms with Crippen LogP contribution < -0.4 is 4.90 Å². The number of nitro groups is 1. The quantitative estimate of drug-likeness (QED) is 0.337. The molecule has 3 fully saturated rings. The molecule has 122 valence electrons. The maximum absolute atomic E-state index is 13.0. The second-order valence-corrected chi connectivity index (χ2v) is 7.97. The maximum Gasteiger partial charge on any atom is 0.294 e. The van der Waals surface area contributed by atoms with Crippen molar-refractivity contribution in [2.75, 3.05) is 4.90 Å². The number of carbonyl (C=O) groups is 2. The van der Waals surface area contributed by atoms with Crippen molar-refractivity contribution >= 4 is 39.1 Å². The van der Waals surface area contributed by atoms with E-state index in [4.69, 9.17) is 0 Å². The number of imide groups is 1. The predicted octanol–water partition coefficient (Wildman–Crippen LogP) is 2.91. The fraction of sp³-hybridized carbons (Fsp3) is 0.412. The van der Waals surface area contributed by atoms with Crippen LogP contribution in [0.15, 0.2) is 34.8 Å². The van der Waals surface area contributed by atoms with Gasteiger partial charge in [-0.3, -0.25) is 19.7 Å². The van der Waals surface area contributed by atoms with Gasteiger partial charge in [-0.2, -0.15) is 0 Å². The van der Waals surface area contributed by atoms with E-state index < -0.39 is 4.92 Å². The molecule has 6 rings (SSSR count). The van der Waals surface area contributed by atoms with E-state index in [0.29, 0.717) is 16.3 Å². The SMILES string of the molecule is O=C1C2C3C=CC(C4CC34)C2C(=O)N1c1ccc(Br)cc1[N+](=O)[O-]. The Kier molecular flexibility index (Phi) is 2.71. The number of nitro benzene ring substituents is 1. The minimum atomic E-state index is -0.549. The number of benzene rings is 1. The monoisotopic (exact) mass is 388 g/mol. The Morgan fingerprint density at radius 1 is 1.08 bits per heavy atom. The highest BCUT2D eigenvalue weighted by Crippen LogP contribution is 2.65. The highest BCUT2D eigenvalue weighted by molar-refractivity contribution is 9.10. The number of anilines is 1. The molecule has 2 saturated carbocycles. The highest BCUT2D eigenvalue weighted by Gasteiger charge is 2.67. The van der Waals surface area contributed by atoms with Crippen molar-refractivity contribution in [3.05, 3.63) is 44.9 Å². The predicted molar refractivity (Wildman–Crippen MR) is 88.0 cm³/mol. The first-order valence-electron chi connectivity index (χ1n) is 7.99. The highest BCUT2D eigenvalue weighted by atomic mass is 79.9. The second-order valence-electron chi connectivity index (χ2n) is 7.06. The fourth-order valence-corrected chi connectivity index (χ4v) is 5.38. The van der Waals surface area contributed by atoms with Gasteiger partial charge in [0.05, 0.1) is 16.8 Å². The van der Waals surface area contributed by atoms with Crippen molar-refractivity contribution in [2.24, 2.45) is 35.5 Å². The summed E-state index contributed by atoms with van der Waals surface area (Å²) in [6, 6.07) is 4.43. The molecular formula is C17H13BrN2O4. The zero-order chi connectivity index (χ0) is 16.7. The normalized spacial score (nSPS) is 38.3. The molecule has 0 radical (unpaired) electrons. The molecule has 1 aromatic rings. The average molecular weight is 389 g/mol. The third-order valence-electron chi connectivity index (χ3n) is 6.04. The van der Waals surface area contributed by atoms with Gasteiger partial charge in [0.15, 0.2) is 0 Å². The fourth-order valence-electron chi connectivity index (χ4n) is 5.03. The lowest BCUT2D eigenvalue weighted by Crippen LogP contribution is -2.40. The number of rotatable bonds is 2. The molecule has 6 nitrogen and oxygen atoms in total. The molecule has 0 aromatic heterocycles. The number of hydrogen-bond acceptors (Lipinski definition) is 4. The summed E-state index contributed by atoms with van der Waals surface area (Å²) in [5.41, 5.74) is -0.143. The van der Waals surface area contributed by atoms with Crippen molar-refractivity contribution in [1.29, 1.82) is 0 Å². The molecule has 0 spiro atoms. The number of halogens is 1. The third kappa shape index (κ3) is 1.65. The van der Waals surface area contributed by atoms with E-state index in [1.54, 1.807) is 6.07 Å². The molecular weight excluding hydrogens is 376 g/mol. The minimum Gasteiger partial charge on any atom is -0.274 e. The zero-order valence-electron chi connectivity index (χ0n) is 12.5. The van der Waals surface area contributed by atoms with E-state index in [2.05, 4.69) is 28.1 Å². The van der Waals surface area contributed by atoms with Crippen molar-refractivity contribution in [3.8, 4) is 0 Å². The van der Waals surface area contributed by atoms with Gasteiger partial charge >= 0.3 is 0 Å². The van der Waals surface area contributed by atoms with Crippen LogP contribution in [0.5, 0.6) is 0 Å². The molecule has 1 aliphatic heterocycles. The van der Waals surface area contributed by atoms with Crippen LogP contribution in [0.4, 0.5) is 11.4 Å². The van der Waals surface area contributed by atoms with Gasteiger partial charge in [-0.05, 0) is 42.2 Å². The number of amides is 2. The zero-order valence-corrected chi connectivity index (χ0v) is 14.0. The minimum absolute atomic E-state index is 0.0840. The van der Waals surface area contributed by atoms with E-state index in [0.717, 1.165) is 11.3 Å². The van der Waals surface area contributed by atoms with E-state index in [-0.39, 0.29) is 46.9 Å². The van der Waals surface area contributed by atoms with Gasteiger partial charge in [0.25, 0.3) is 5.69 Å². The van der Waals surface area contributed by atoms with Crippen LogP contribution in [-0.4, -0.2) is 16.7 Å². The first-order valence-corrected chi connectivity index (χ1v) is 8.78. The summed E-state index contributed by atoms with van der Waals surface area (Å²) in [6.45, 7) is 0. The molecule has 0 N–H and O–H groups in total. The molecule has 7 heteroatoms. The van der Waals surface area contributed by atoms with Gasteiger partial charge in [0.2, 0.25) is 11.8 Å². The summed E-state index contributed by atoms with van der Waals surface area (Å²) in [5.74, 6) is -0.00290. The Balaban J connectivity index is 1.61. The molecule has 1 saturated heterocycles. The average Bonchev–Trinajstić information content (AvgIpc) is 3.33. The van der Waals surface area contributed by atoms with Gasteiger partial charge in [-0.25, -0.2) is 4.90 Å². The first-order chi connectivity index (χ1) is 11.5. The summed E-state index contributed by atoms with van der Waals surface area (Å²) >= 11 is 3.20. The van der Waals surface area contributed by atoms with Crippen LogP contribution >= 0.6 is 15.9 Å². The Morgan fingerprint density at radius 2 is 1.67 bits per heavy atom. The van der Waals surface area contributed by atoms with Crippen LogP contribution in [0.3, 0.4) is 0 Å². The van der Waals surface area contributed by atoms with Crippen molar-refractivity contribution in [2.45, 2.75) is 6.42 Å². The van der Waals surface area contributed by atoms with Gasteiger partial charge in [0, 0.05) is 10.5 Å². The Labute approximate surface area is 145 Å². The Morgan fingerprint density at radius 3 is 2.21 bits per heavy atom. The van der Waals surface area contributed by atoms with Gasteiger partial charge in [-0.1, -0.05) is 28.1 Å². The van der Waals surface area contributed by atoms with Gasteiger partial charge < -0.3 is 0 Å². The van der Waals surface area contributed by atoms with E-state index >= 15 is 0 Å². The summed E-state index contributed by atoms with van der Waals surface area (Å²) in [4.78, 5) is 37.9. The van der Waals surface area contributed by atoms with Crippen LogP contribution in [0.25, 0.3) is 0 Å². The molecule has 2 amide bonds. The van der Waals surface area contributed by atoms with E-state index in [9.17, 15) is 19.7 Å². The standard InChI is InChI=1S/C17H13BrN2O4/c18-7-1-4-12(13(5-7)20(23)24)19-16(21)14-8-2-3-9(11-6-10(8)11)15(14)17(19)22/h1-5,8-11,14-15H,6H2. The molecule has 1 heterocycles. The molecule has 6 atom stereocenters. The van der Waals surface area contributed by atoms with Crippen molar-refractivity contribution in [3.63, 3.8) is 0 Å². The lowest BCUT2D eigenvalue weighted by atomic mass is 9.63. The largest absolute Gasteiger partial charge is 0.294 e. The van der Waals surface area contributed by atoms with E-state index in [1.807, 2.05) is 0 Å². The topological polar surface area (TPSA) is 80.5 Å². The number of hydrogen-bond donors (Lipinski definition) is 0. The van der Waals surface area contributed by atoms with Crippen molar-refractivity contribution in [1.82, 2.24) is 0 Å². The summed E-state index contributed by atoms with van der Waals surface area (Å²) < 4.78 is 0.539. The lowest BCUT2D eigenvalue weighted by Gasteiger charge is -2.37. The van der Waals surface area contributed by atoms with Crippen LogP contribution in [0.1, 0.15) is 6.42 Å². The lowest BCUT2D eigenvalue weighted by molar-refractivity contribution is -0.384. The molecule has 24 heavy (non-hydrogen) atoms. The van der Waals surface area contributed by atoms with Crippen LogP contribution in [-0.2, 0) is 9.59 Å². The number of nitrogens with zero attached hydrogens (tertiary/aromatic N) is 2. The smallest absolute Gasteiger partial charge is 0.274 e. The van der Waals surface area contributed by atoms with Crippen LogP contribution in [0.2, 0.25) is 0 Å². The molecule has 4 aliphatic carbocycles. The van der Waals surface area contributed by atoms with Crippen LogP contribution in [0, 0.1) is 45.6 Å². The Bertz CT molecular complexity index is 815. The maximum atomic E-state index is 13.0.